The molecule has 0 unspecified atom stereocenters. The normalized spacial score (nSPS) is 16.0. The molecule has 0 N–H and O–H groups in total. The molecule has 0 aliphatic heterocycles. The van der Waals surface area contributed by atoms with Crippen LogP contribution in [0.3, 0.4) is 0 Å². The van der Waals surface area contributed by atoms with Crippen molar-refractivity contribution in [2.24, 2.45) is 0 Å². The molecule has 0 aromatic heterocycles. The van der Waals surface area contributed by atoms with E-state index in [1.54, 1.807) is 11.1 Å². The van der Waals surface area contributed by atoms with E-state index in [1.807, 2.05) is 0 Å². The second-order valence-corrected chi connectivity index (χ2v) is 2.81. The lowest BCUT2D eigenvalue weighted by Gasteiger charge is -1.98. The van der Waals surface area contributed by atoms with Gasteiger partial charge in [-0.2, -0.15) is 0 Å². The van der Waals surface area contributed by atoms with Crippen molar-refractivity contribution in [2.45, 2.75) is 46.0 Å². The minimum absolute atomic E-state index is 1.29. The standard InChI is InChI=1S/C9H16/c1-3-5-8(4-2)9-6-7-9/h3-7H2,1-2H3. The van der Waals surface area contributed by atoms with Crippen LogP contribution in [0.25, 0.3) is 0 Å². The predicted octanol–water partition coefficient (Wildman–Crippen LogP) is 3.29. The molecule has 52 valence electrons. The van der Waals surface area contributed by atoms with Crippen LogP contribution < -0.4 is 0 Å². The molecule has 0 bridgehead atoms. The summed E-state index contributed by atoms with van der Waals surface area (Å²) in [6.07, 6.45) is 6.79. The second-order valence-electron chi connectivity index (χ2n) is 2.81. The van der Waals surface area contributed by atoms with E-state index in [0.717, 1.165) is 0 Å². The lowest BCUT2D eigenvalue weighted by atomic mass is 10.1. The Balaban J connectivity index is 2.39. The maximum Gasteiger partial charge on any atom is -0.0280 e. The summed E-state index contributed by atoms with van der Waals surface area (Å²) in [4.78, 5) is 0. The molecule has 1 rings (SSSR count). The maximum atomic E-state index is 2.27. The van der Waals surface area contributed by atoms with Crippen molar-refractivity contribution in [3.8, 4) is 0 Å². The Morgan fingerprint density at radius 2 is 2.00 bits per heavy atom. The molecule has 1 fully saturated rings. The van der Waals surface area contributed by atoms with E-state index in [4.69, 9.17) is 0 Å². The number of hydrogen-bond donors (Lipinski definition) is 0. The fourth-order valence-electron chi connectivity index (χ4n) is 1.32. The van der Waals surface area contributed by atoms with Crippen LogP contribution in [0, 0.1) is 0 Å². The van der Waals surface area contributed by atoms with E-state index < -0.39 is 0 Å². The van der Waals surface area contributed by atoms with Gasteiger partial charge in [0.25, 0.3) is 0 Å². The van der Waals surface area contributed by atoms with Gasteiger partial charge in [0, 0.05) is 0 Å². The van der Waals surface area contributed by atoms with Crippen LogP contribution in [0.15, 0.2) is 11.1 Å². The number of hydrogen-bond acceptors (Lipinski definition) is 0. The first-order valence-electron chi connectivity index (χ1n) is 4.08. The van der Waals surface area contributed by atoms with E-state index in [1.165, 1.54) is 32.1 Å². The second kappa shape index (κ2) is 3.05. The van der Waals surface area contributed by atoms with Crippen LogP contribution in [0.2, 0.25) is 0 Å². The third-order valence-electron chi connectivity index (χ3n) is 1.98. The summed E-state index contributed by atoms with van der Waals surface area (Å²) in [5.74, 6) is 0. The monoisotopic (exact) mass is 124 g/mol. The fourth-order valence-corrected chi connectivity index (χ4v) is 1.32. The van der Waals surface area contributed by atoms with Crippen LogP contribution >= 0.6 is 0 Å². The molecule has 0 heterocycles. The molecular weight excluding hydrogens is 108 g/mol. The largest absolute Gasteiger partial charge is 0.0713 e. The van der Waals surface area contributed by atoms with Gasteiger partial charge in [-0.25, -0.2) is 0 Å². The molecule has 0 aromatic carbocycles. The Labute approximate surface area is 58.0 Å². The summed E-state index contributed by atoms with van der Waals surface area (Å²) >= 11 is 0. The van der Waals surface area contributed by atoms with Gasteiger partial charge >= 0.3 is 0 Å². The Kier molecular flexibility index (Phi) is 2.32. The van der Waals surface area contributed by atoms with E-state index in [9.17, 15) is 0 Å². The van der Waals surface area contributed by atoms with Crippen molar-refractivity contribution in [1.82, 2.24) is 0 Å². The van der Waals surface area contributed by atoms with Crippen LogP contribution in [-0.2, 0) is 0 Å². The molecule has 0 aromatic rings. The maximum absolute atomic E-state index is 2.27. The molecule has 0 saturated heterocycles. The van der Waals surface area contributed by atoms with Gasteiger partial charge in [0.2, 0.25) is 0 Å². The molecule has 0 nitrogen and oxygen atoms in total. The van der Waals surface area contributed by atoms with Gasteiger partial charge in [0.05, 0.1) is 0 Å². The molecule has 9 heavy (non-hydrogen) atoms. The molecule has 0 radical (unpaired) electrons. The highest BCUT2D eigenvalue weighted by Gasteiger charge is 2.14. The average molecular weight is 124 g/mol. The molecule has 1 saturated carbocycles. The SMILES string of the molecule is CCCC(CC)=C1CC1. The van der Waals surface area contributed by atoms with Crippen LogP contribution in [0.1, 0.15) is 46.0 Å². The van der Waals surface area contributed by atoms with Gasteiger partial charge in [-0.05, 0) is 25.7 Å². The summed E-state index contributed by atoms with van der Waals surface area (Å²) in [5.41, 5.74) is 3.51. The van der Waals surface area contributed by atoms with Gasteiger partial charge in [-0.15, -0.1) is 0 Å². The molecular formula is C9H16. The van der Waals surface area contributed by atoms with Gasteiger partial charge in [-0.3, -0.25) is 0 Å². The van der Waals surface area contributed by atoms with Gasteiger partial charge < -0.3 is 0 Å². The smallest absolute Gasteiger partial charge is 0.0280 e. The van der Waals surface area contributed by atoms with Crippen LogP contribution in [0.5, 0.6) is 0 Å². The van der Waals surface area contributed by atoms with E-state index in [-0.39, 0.29) is 0 Å². The zero-order valence-corrected chi connectivity index (χ0v) is 6.54. The van der Waals surface area contributed by atoms with Crippen molar-refractivity contribution in [3.05, 3.63) is 11.1 Å². The first kappa shape index (κ1) is 6.85. The minimum atomic E-state index is 1.29. The van der Waals surface area contributed by atoms with Crippen LogP contribution in [-0.4, -0.2) is 0 Å². The quantitative estimate of drug-likeness (QED) is 0.506. The zero-order valence-electron chi connectivity index (χ0n) is 6.54. The first-order valence-corrected chi connectivity index (χ1v) is 4.08. The van der Waals surface area contributed by atoms with Gasteiger partial charge in [-0.1, -0.05) is 31.4 Å². The van der Waals surface area contributed by atoms with Gasteiger partial charge in [0.1, 0.15) is 0 Å². The summed E-state index contributed by atoms with van der Waals surface area (Å²) in [7, 11) is 0. The topological polar surface area (TPSA) is 0 Å². The van der Waals surface area contributed by atoms with Crippen molar-refractivity contribution in [2.75, 3.05) is 0 Å². The number of allylic oxidation sites excluding steroid dienone is 2. The van der Waals surface area contributed by atoms with Gasteiger partial charge in [0.15, 0.2) is 0 Å². The third kappa shape index (κ3) is 1.85. The average Bonchev–Trinajstić information content (AvgIpc) is 2.64. The summed E-state index contributed by atoms with van der Waals surface area (Å²) < 4.78 is 0. The Morgan fingerprint density at radius 3 is 2.33 bits per heavy atom. The number of rotatable bonds is 3. The highest BCUT2D eigenvalue weighted by Crippen LogP contribution is 2.34. The zero-order chi connectivity index (χ0) is 6.69. The highest BCUT2D eigenvalue weighted by atomic mass is 14.2. The van der Waals surface area contributed by atoms with Crippen molar-refractivity contribution in [3.63, 3.8) is 0 Å². The summed E-state index contributed by atoms with van der Waals surface area (Å²) in [5, 5.41) is 0. The molecule has 1 aliphatic carbocycles. The lowest BCUT2D eigenvalue weighted by Crippen LogP contribution is -1.78. The third-order valence-corrected chi connectivity index (χ3v) is 1.98. The molecule has 0 amide bonds. The van der Waals surface area contributed by atoms with Crippen molar-refractivity contribution >= 4 is 0 Å². The van der Waals surface area contributed by atoms with Crippen molar-refractivity contribution < 1.29 is 0 Å². The molecule has 0 spiro atoms. The van der Waals surface area contributed by atoms with E-state index in [0.29, 0.717) is 0 Å². The molecule has 1 aliphatic rings. The lowest BCUT2D eigenvalue weighted by molar-refractivity contribution is 0.853. The highest BCUT2D eigenvalue weighted by molar-refractivity contribution is 5.24. The Bertz CT molecular complexity index is 114. The summed E-state index contributed by atoms with van der Waals surface area (Å²) in [6.45, 7) is 4.54. The molecule has 0 atom stereocenters. The summed E-state index contributed by atoms with van der Waals surface area (Å²) in [6, 6.07) is 0. The molecule has 0 heteroatoms. The Morgan fingerprint density at radius 1 is 1.33 bits per heavy atom. The minimum Gasteiger partial charge on any atom is -0.0713 e. The predicted molar refractivity (Wildman–Crippen MR) is 41.5 cm³/mol. The van der Waals surface area contributed by atoms with E-state index >= 15 is 0 Å². The van der Waals surface area contributed by atoms with Crippen molar-refractivity contribution in [1.29, 1.82) is 0 Å². The van der Waals surface area contributed by atoms with E-state index in [2.05, 4.69) is 13.8 Å². The Hall–Kier alpha value is -0.260. The van der Waals surface area contributed by atoms with Crippen LogP contribution in [0.4, 0.5) is 0 Å². The first-order chi connectivity index (χ1) is 4.38. The fraction of sp³-hybridized carbons (Fsp3) is 0.778.